The number of carbonyl (C=O) groups excluding carboxylic acids is 1. The number of rotatable bonds is 6. The van der Waals surface area contributed by atoms with Crippen LogP contribution in [0.25, 0.3) is 6.08 Å². The summed E-state index contributed by atoms with van der Waals surface area (Å²) in [5.74, 6) is 2.04. The van der Waals surface area contributed by atoms with E-state index in [0.29, 0.717) is 10.8 Å². The van der Waals surface area contributed by atoms with Crippen molar-refractivity contribution in [1.29, 1.82) is 0 Å². The van der Waals surface area contributed by atoms with Crippen molar-refractivity contribution in [1.82, 2.24) is 0 Å². The Hall–Kier alpha value is -1.52. The molecular weight excluding hydrogens is 288 g/mol. The van der Waals surface area contributed by atoms with Crippen LogP contribution in [0.5, 0.6) is 5.75 Å². The Labute approximate surface area is 126 Å². The van der Waals surface area contributed by atoms with Gasteiger partial charge in [0.1, 0.15) is 12.4 Å². The SMILES string of the molecule is O=C(/C=C/c1ccsc1)c1ccc(OCC2CS2)cc1. The van der Waals surface area contributed by atoms with E-state index in [0.717, 1.165) is 17.9 Å². The average molecular weight is 302 g/mol. The number of ketones is 1. The molecule has 0 N–H and O–H groups in total. The second-order valence-corrected chi connectivity index (χ2v) is 6.66. The van der Waals surface area contributed by atoms with Gasteiger partial charge in [-0.15, -0.1) is 0 Å². The molecule has 1 aromatic carbocycles. The summed E-state index contributed by atoms with van der Waals surface area (Å²) in [5.41, 5.74) is 1.75. The van der Waals surface area contributed by atoms with E-state index in [1.54, 1.807) is 17.4 Å². The molecule has 0 radical (unpaired) electrons. The van der Waals surface area contributed by atoms with Crippen LogP contribution < -0.4 is 4.74 Å². The molecule has 0 spiro atoms. The van der Waals surface area contributed by atoms with Crippen LogP contribution >= 0.6 is 23.1 Å². The summed E-state index contributed by atoms with van der Waals surface area (Å²) in [6, 6.07) is 9.34. The highest BCUT2D eigenvalue weighted by Crippen LogP contribution is 2.30. The summed E-state index contributed by atoms with van der Waals surface area (Å²) < 4.78 is 5.63. The van der Waals surface area contributed by atoms with E-state index in [1.807, 2.05) is 58.9 Å². The minimum atomic E-state index is 0.0144. The van der Waals surface area contributed by atoms with Crippen molar-refractivity contribution in [2.75, 3.05) is 12.4 Å². The molecule has 1 aliphatic rings. The van der Waals surface area contributed by atoms with Gasteiger partial charge in [0.25, 0.3) is 0 Å². The molecule has 0 saturated carbocycles. The fourth-order valence-electron chi connectivity index (χ4n) is 1.71. The quantitative estimate of drug-likeness (QED) is 0.456. The Morgan fingerprint density at radius 2 is 2.10 bits per heavy atom. The highest BCUT2D eigenvalue weighted by molar-refractivity contribution is 8.06. The van der Waals surface area contributed by atoms with Gasteiger partial charge in [-0.25, -0.2) is 0 Å². The number of hydrogen-bond acceptors (Lipinski definition) is 4. The molecule has 102 valence electrons. The van der Waals surface area contributed by atoms with Gasteiger partial charge >= 0.3 is 0 Å². The predicted octanol–water partition coefficient (Wildman–Crippen LogP) is 4.14. The molecule has 0 amide bonds. The Morgan fingerprint density at radius 1 is 1.30 bits per heavy atom. The molecule has 1 aromatic heterocycles. The van der Waals surface area contributed by atoms with Crippen LogP contribution in [0.3, 0.4) is 0 Å². The van der Waals surface area contributed by atoms with Crippen molar-refractivity contribution < 1.29 is 9.53 Å². The molecular formula is C16H14O2S2. The van der Waals surface area contributed by atoms with Gasteiger partial charge in [-0.2, -0.15) is 23.1 Å². The van der Waals surface area contributed by atoms with Crippen molar-refractivity contribution in [3.05, 3.63) is 58.3 Å². The first-order valence-electron chi connectivity index (χ1n) is 6.40. The number of carbonyl (C=O) groups is 1. The predicted molar refractivity (Wildman–Crippen MR) is 85.9 cm³/mol. The zero-order valence-corrected chi connectivity index (χ0v) is 12.5. The first-order chi connectivity index (χ1) is 9.81. The summed E-state index contributed by atoms with van der Waals surface area (Å²) in [6.45, 7) is 0.760. The van der Waals surface area contributed by atoms with Crippen molar-refractivity contribution in [2.45, 2.75) is 5.25 Å². The first-order valence-corrected chi connectivity index (χ1v) is 8.39. The minimum Gasteiger partial charge on any atom is -0.492 e. The Bertz CT molecular complexity index is 596. The highest BCUT2D eigenvalue weighted by atomic mass is 32.2. The molecule has 1 aliphatic heterocycles. The number of benzene rings is 1. The number of allylic oxidation sites excluding steroid dienone is 1. The monoisotopic (exact) mass is 302 g/mol. The fraction of sp³-hybridized carbons (Fsp3) is 0.188. The Morgan fingerprint density at radius 3 is 2.75 bits per heavy atom. The van der Waals surface area contributed by atoms with E-state index in [4.69, 9.17) is 4.74 Å². The van der Waals surface area contributed by atoms with E-state index < -0.39 is 0 Å². The second-order valence-electron chi connectivity index (χ2n) is 4.54. The lowest BCUT2D eigenvalue weighted by Gasteiger charge is -2.04. The van der Waals surface area contributed by atoms with Gasteiger partial charge in [0.2, 0.25) is 0 Å². The van der Waals surface area contributed by atoms with Gasteiger partial charge in [0.15, 0.2) is 5.78 Å². The van der Waals surface area contributed by atoms with E-state index >= 15 is 0 Å². The number of thiophene rings is 1. The van der Waals surface area contributed by atoms with Gasteiger partial charge < -0.3 is 4.74 Å². The van der Waals surface area contributed by atoms with Crippen LogP contribution in [-0.2, 0) is 0 Å². The maximum atomic E-state index is 12.0. The molecule has 0 aliphatic carbocycles. The van der Waals surface area contributed by atoms with Gasteiger partial charge in [-0.3, -0.25) is 4.79 Å². The summed E-state index contributed by atoms with van der Waals surface area (Å²) in [7, 11) is 0. The van der Waals surface area contributed by atoms with Gasteiger partial charge in [-0.1, -0.05) is 6.08 Å². The van der Waals surface area contributed by atoms with Crippen LogP contribution in [-0.4, -0.2) is 23.4 Å². The van der Waals surface area contributed by atoms with Gasteiger partial charge in [0, 0.05) is 16.6 Å². The minimum absolute atomic E-state index is 0.0144. The van der Waals surface area contributed by atoms with Crippen LogP contribution in [0, 0.1) is 0 Å². The van der Waals surface area contributed by atoms with E-state index in [2.05, 4.69) is 0 Å². The molecule has 0 bridgehead atoms. The summed E-state index contributed by atoms with van der Waals surface area (Å²) >= 11 is 3.53. The van der Waals surface area contributed by atoms with E-state index in [-0.39, 0.29) is 5.78 Å². The standard InChI is InChI=1S/C16H14O2S2/c17-16(6-1-12-7-8-19-10-12)13-2-4-14(5-3-13)18-9-15-11-20-15/h1-8,10,15H,9,11H2/b6-1+. The van der Waals surface area contributed by atoms with Crippen LogP contribution in [0.2, 0.25) is 0 Å². The number of hydrogen-bond donors (Lipinski definition) is 0. The molecule has 20 heavy (non-hydrogen) atoms. The third kappa shape index (κ3) is 3.74. The smallest absolute Gasteiger partial charge is 0.185 e. The number of ether oxygens (including phenoxy) is 1. The molecule has 2 nitrogen and oxygen atoms in total. The van der Waals surface area contributed by atoms with E-state index in [1.165, 1.54) is 5.75 Å². The largest absolute Gasteiger partial charge is 0.492 e. The van der Waals surface area contributed by atoms with Crippen molar-refractivity contribution >= 4 is 35.0 Å². The number of thioether (sulfide) groups is 1. The average Bonchev–Trinajstić information content (AvgIpc) is 3.17. The van der Waals surface area contributed by atoms with Crippen molar-refractivity contribution in [3.63, 3.8) is 0 Å². The zero-order valence-electron chi connectivity index (χ0n) is 10.8. The van der Waals surface area contributed by atoms with Crippen LogP contribution in [0.1, 0.15) is 15.9 Å². The van der Waals surface area contributed by atoms with Crippen LogP contribution in [0.4, 0.5) is 0 Å². The Balaban J connectivity index is 1.59. The Kier molecular flexibility index (Phi) is 4.23. The summed E-state index contributed by atoms with van der Waals surface area (Å²) in [4.78, 5) is 12.0. The second kappa shape index (κ2) is 6.29. The van der Waals surface area contributed by atoms with Gasteiger partial charge in [-0.05, 0) is 52.7 Å². The molecule has 2 heterocycles. The molecule has 1 fully saturated rings. The van der Waals surface area contributed by atoms with E-state index in [9.17, 15) is 4.79 Å². The topological polar surface area (TPSA) is 26.3 Å². The highest BCUT2D eigenvalue weighted by Gasteiger charge is 2.22. The fourth-order valence-corrected chi connectivity index (χ4v) is 2.73. The molecule has 3 rings (SSSR count). The lowest BCUT2D eigenvalue weighted by molar-refractivity contribution is 0.104. The van der Waals surface area contributed by atoms with Crippen molar-refractivity contribution in [3.8, 4) is 5.75 Å². The third-order valence-corrected chi connectivity index (χ3v) is 4.59. The first kappa shape index (κ1) is 13.5. The zero-order chi connectivity index (χ0) is 13.8. The van der Waals surface area contributed by atoms with Crippen molar-refractivity contribution in [2.24, 2.45) is 0 Å². The molecule has 4 heteroatoms. The van der Waals surface area contributed by atoms with Crippen LogP contribution in [0.15, 0.2) is 47.2 Å². The molecule has 1 unspecified atom stereocenters. The molecule has 2 aromatic rings. The lowest BCUT2D eigenvalue weighted by atomic mass is 10.1. The lowest BCUT2D eigenvalue weighted by Crippen LogP contribution is -2.03. The maximum Gasteiger partial charge on any atom is 0.185 e. The molecule has 1 saturated heterocycles. The van der Waals surface area contributed by atoms with Gasteiger partial charge in [0.05, 0.1) is 0 Å². The third-order valence-electron chi connectivity index (χ3n) is 2.95. The summed E-state index contributed by atoms with van der Waals surface area (Å²) in [6.07, 6.45) is 3.45. The maximum absolute atomic E-state index is 12.0. The normalized spacial score (nSPS) is 17.3. The molecule has 1 atom stereocenters. The summed E-state index contributed by atoms with van der Waals surface area (Å²) in [5, 5.41) is 4.66.